The fourth-order valence-electron chi connectivity index (χ4n) is 2.45. The van der Waals surface area contributed by atoms with Crippen LogP contribution in [-0.2, 0) is 9.32 Å². The number of rotatable bonds is 13. The molecule has 0 spiro atoms. The monoisotopic (exact) mass is 446 g/mol. The molecule has 2 atom stereocenters. The lowest BCUT2D eigenvalue weighted by atomic mass is 9.83. The Labute approximate surface area is 149 Å². The topological polar surface area (TPSA) is 70.6 Å². The first-order chi connectivity index (χ1) is 10.3. The normalized spacial score (nSPS) is 14.6. The molecule has 0 aromatic rings. The van der Waals surface area contributed by atoms with Crippen molar-refractivity contribution in [2.45, 2.75) is 52.9 Å². The lowest BCUT2D eigenvalue weighted by Gasteiger charge is -2.28. The Bertz CT molecular complexity index is 305. The first kappa shape index (κ1) is 22.5. The number of hydrogen-bond donors (Lipinski definition) is 3. The molecule has 0 bridgehead atoms. The van der Waals surface area contributed by atoms with Gasteiger partial charge in [0.2, 0.25) is 11.9 Å². The van der Waals surface area contributed by atoms with Crippen LogP contribution in [0.25, 0.3) is 0 Å². The summed E-state index contributed by atoms with van der Waals surface area (Å²) in [5.74, 6) is 0.507. The molecule has 0 saturated carbocycles. The smallest absolute Gasteiger partial charge is 0.237 e. The molecule has 0 rings (SSSR count). The largest absolute Gasteiger partial charge is 0.356 e. The van der Waals surface area contributed by atoms with Crippen LogP contribution in [0.2, 0.25) is 0 Å². The number of hydrogen-bond acceptors (Lipinski definition) is 4. The van der Waals surface area contributed by atoms with Crippen molar-refractivity contribution in [3.63, 3.8) is 0 Å². The van der Waals surface area contributed by atoms with Crippen LogP contribution < -0.4 is 10.6 Å². The maximum atomic E-state index is 11.8. The number of carbonyl (C=O) groups excluding carboxylic acids is 1. The lowest BCUT2D eigenvalue weighted by molar-refractivity contribution is -0.121. The van der Waals surface area contributed by atoms with E-state index in [-0.39, 0.29) is 11.3 Å². The zero-order valence-electron chi connectivity index (χ0n) is 14.3. The fraction of sp³-hybridized carbons (Fsp3) is 0.933. The van der Waals surface area contributed by atoms with E-state index in [1.165, 1.54) is 0 Å². The zero-order valence-corrected chi connectivity index (χ0v) is 17.4. The second-order valence-corrected chi connectivity index (χ2v) is 9.87. The van der Waals surface area contributed by atoms with E-state index in [2.05, 4.69) is 31.4 Å². The van der Waals surface area contributed by atoms with Crippen LogP contribution in [0, 0.1) is 11.3 Å². The summed E-state index contributed by atoms with van der Waals surface area (Å²) in [5.41, 5.74) is 0.0358. The number of amides is 1. The second kappa shape index (κ2) is 12.9. The summed E-state index contributed by atoms with van der Waals surface area (Å²) in [6, 6.07) is -1.31. The van der Waals surface area contributed by atoms with Crippen molar-refractivity contribution in [3.8, 4) is 0 Å². The summed E-state index contributed by atoms with van der Waals surface area (Å²) < 4.78 is 5.27. The molecule has 22 heavy (non-hydrogen) atoms. The minimum Gasteiger partial charge on any atom is -0.356 e. The molecule has 0 aliphatic rings. The standard InChI is InChI=1S/C15H32IN2O3P/c1-13(11-21-22(16)20)10-15(2,3)12-18-14(19)8-6-5-7-9-17-4/h13,17,20H,5-12H2,1-4H3,(H,18,19). The molecule has 0 saturated heterocycles. The van der Waals surface area contributed by atoms with Gasteiger partial charge in [-0.15, -0.1) is 0 Å². The van der Waals surface area contributed by atoms with Crippen LogP contribution in [0.15, 0.2) is 0 Å². The molecule has 0 radical (unpaired) electrons. The molecule has 0 aliphatic carbocycles. The summed E-state index contributed by atoms with van der Waals surface area (Å²) in [7, 11) is 1.95. The second-order valence-electron chi connectivity index (χ2n) is 6.69. The Morgan fingerprint density at radius 2 is 2.05 bits per heavy atom. The third-order valence-corrected chi connectivity index (χ3v) is 4.66. The molecule has 0 aliphatic heterocycles. The molecule has 1 amide bonds. The molecular formula is C15H32IN2O3P. The van der Waals surface area contributed by atoms with E-state index in [1.807, 2.05) is 29.1 Å². The molecular weight excluding hydrogens is 414 g/mol. The molecule has 0 heterocycles. The summed E-state index contributed by atoms with van der Waals surface area (Å²) in [5, 5.41) is 6.15. The number of halogens is 1. The van der Waals surface area contributed by atoms with E-state index in [1.54, 1.807) is 0 Å². The first-order valence-electron chi connectivity index (χ1n) is 7.96. The van der Waals surface area contributed by atoms with Crippen LogP contribution in [0.3, 0.4) is 0 Å². The molecule has 132 valence electrons. The third-order valence-electron chi connectivity index (χ3n) is 3.46. The maximum absolute atomic E-state index is 11.8. The predicted molar refractivity (Wildman–Crippen MR) is 102 cm³/mol. The van der Waals surface area contributed by atoms with Gasteiger partial charge in [-0.2, -0.15) is 0 Å². The van der Waals surface area contributed by atoms with Crippen molar-refractivity contribution in [1.82, 2.24) is 10.6 Å². The minimum absolute atomic E-state index is 0.0358. The van der Waals surface area contributed by atoms with E-state index in [4.69, 9.17) is 4.52 Å². The molecule has 2 unspecified atom stereocenters. The average Bonchev–Trinajstić information content (AvgIpc) is 2.42. The molecule has 7 heteroatoms. The van der Waals surface area contributed by atoms with Crippen molar-refractivity contribution in [2.75, 3.05) is 26.7 Å². The van der Waals surface area contributed by atoms with Gasteiger partial charge < -0.3 is 20.1 Å². The number of carbonyl (C=O) groups is 1. The van der Waals surface area contributed by atoms with Crippen molar-refractivity contribution in [2.24, 2.45) is 11.3 Å². The highest BCUT2D eigenvalue weighted by atomic mass is 127. The van der Waals surface area contributed by atoms with E-state index in [0.717, 1.165) is 32.2 Å². The third kappa shape index (κ3) is 14.1. The Kier molecular flexibility index (Phi) is 13.2. The number of nitrogens with one attached hydrogen (secondary N) is 2. The summed E-state index contributed by atoms with van der Waals surface area (Å²) in [6.07, 6.45) is 4.73. The van der Waals surface area contributed by atoms with Gasteiger partial charge in [0, 0.05) is 35.0 Å². The van der Waals surface area contributed by atoms with Crippen LogP contribution in [-0.4, -0.2) is 37.5 Å². The van der Waals surface area contributed by atoms with Crippen LogP contribution >= 0.6 is 28.1 Å². The highest BCUT2D eigenvalue weighted by Crippen LogP contribution is 2.41. The number of unbranched alkanes of at least 4 members (excludes halogenated alkanes) is 2. The van der Waals surface area contributed by atoms with E-state index < -0.39 is 6.02 Å². The van der Waals surface area contributed by atoms with Gasteiger partial charge in [-0.05, 0) is 44.2 Å². The van der Waals surface area contributed by atoms with E-state index in [9.17, 15) is 9.69 Å². The average molecular weight is 446 g/mol. The van der Waals surface area contributed by atoms with Gasteiger partial charge in [0.1, 0.15) is 0 Å². The predicted octanol–water partition coefficient (Wildman–Crippen LogP) is 3.61. The Hall–Kier alpha value is 0.510. The summed E-state index contributed by atoms with van der Waals surface area (Å²) >= 11 is 1.90. The van der Waals surface area contributed by atoms with Gasteiger partial charge >= 0.3 is 0 Å². The highest BCUT2D eigenvalue weighted by molar-refractivity contribution is 14.2. The maximum Gasteiger partial charge on any atom is 0.237 e. The van der Waals surface area contributed by atoms with E-state index in [0.29, 0.717) is 25.5 Å². The Morgan fingerprint density at radius 3 is 2.64 bits per heavy atom. The summed E-state index contributed by atoms with van der Waals surface area (Å²) in [6.45, 7) is 8.69. The molecule has 3 N–H and O–H groups in total. The Morgan fingerprint density at radius 1 is 1.36 bits per heavy atom. The van der Waals surface area contributed by atoms with Gasteiger partial charge in [-0.1, -0.05) is 27.2 Å². The minimum atomic E-state index is -1.31. The van der Waals surface area contributed by atoms with E-state index >= 15 is 0 Å². The molecule has 0 aromatic heterocycles. The van der Waals surface area contributed by atoms with Crippen molar-refractivity contribution in [1.29, 1.82) is 0 Å². The van der Waals surface area contributed by atoms with Gasteiger partial charge in [0.25, 0.3) is 0 Å². The first-order valence-corrected chi connectivity index (χ1v) is 12.0. The zero-order chi connectivity index (χ0) is 17.0. The molecule has 0 fully saturated rings. The molecule has 5 nitrogen and oxygen atoms in total. The van der Waals surface area contributed by atoms with Gasteiger partial charge in [-0.25, -0.2) is 0 Å². The fourth-order valence-corrected chi connectivity index (χ4v) is 3.31. The van der Waals surface area contributed by atoms with Gasteiger partial charge in [0.05, 0.1) is 6.61 Å². The van der Waals surface area contributed by atoms with Gasteiger partial charge in [0.15, 0.2) is 0 Å². The highest BCUT2D eigenvalue weighted by Gasteiger charge is 2.22. The lowest BCUT2D eigenvalue weighted by Crippen LogP contribution is -2.35. The molecule has 0 aromatic carbocycles. The van der Waals surface area contributed by atoms with Crippen molar-refractivity contribution < 1.29 is 14.2 Å². The quantitative estimate of drug-likeness (QED) is 0.230. The summed E-state index contributed by atoms with van der Waals surface area (Å²) in [4.78, 5) is 21.0. The van der Waals surface area contributed by atoms with Crippen molar-refractivity contribution >= 4 is 34.0 Å². The Balaban J connectivity index is 3.83. The van der Waals surface area contributed by atoms with Crippen molar-refractivity contribution in [3.05, 3.63) is 0 Å². The van der Waals surface area contributed by atoms with Crippen LogP contribution in [0.5, 0.6) is 0 Å². The van der Waals surface area contributed by atoms with Gasteiger partial charge in [-0.3, -0.25) is 4.79 Å². The van der Waals surface area contributed by atoms with Crippen LogP contribution in [0.1, 0.15) is 52.9 Å². The van der Waals surface area contributed by atoms with Crippen LogP contribution in [0.4, 0.5) is 0 Å². The SMILES string of the molecule is CNCCCCCC(=O)NCC(C)(C)CC(C)COP(O)I.